The number of nitrogens with zero attached hydrogens (tertiary/aromatic N) is 2. The van der Waals surface area contributed by atoms with Gasteiger partial charge in [-0.05, 0) is 38.2 Å². The minimum absolute atomic E-state index is 0.0246. The summed E-state index contributed by atoms with van der Waals surface area (Å²) in [6.45, 7) is 1.89. The van der Waals surface area contributed by atoms with Crippen LogP contribution in [0.2, 0.25) is 0 Å². The number of thioether (sulfide) groups is 2. The Morgan fingerprint density at radius 2 is 2.13 bits per heavy atom. The molecule has 0 radical (unpaired) electrons. The SMILES string of the molecule is CSc1ccccc1NC(=O)C(C)Sc1nnc(NC2CC2)s1. The average molecular weight is 367 g/mol. The van der Waals surface area contributed by atoms with Crippen molar-refractivity contribution in [1.29, 1.82) is 0 Å². The van der Waals surface area contributed by atoms with E-state index in [4.69, 9.17) is 0 Å². The average Bonchev–Trinajstić information content (AvgIpc) is 3.26. The molecule has 5 nitrogen and oxygen atoms in total. The van der Waals surface area contributed by atoms with Gasteiger partial charge in [0.25, 0.3) is 0 Å². The van der Waals surface area contributed by atoms with Gasteiger partial charge in [0.1, 0.15) is 0 Å². The topological polar surface area (TPSA) is 66.9 Å². The lowest BCUT2D eigenvalue weighted by molar-refractivity contribution is -0.115. The molecule has 1 fully saturated rings. The molecule has 8 heteroatoms. The van der Waals surface area contributed by atoms with Crippen molar-refractivity contribution >= 4 is 51.6 Å². The minimum Gasteiger partial charge on any atom is -0.357 e. The number of hydrogen-bond acceptors (Lipinski definition) is 7. The second-order valence-electron chi connectivity index (χ2n) is 5.24. The van der Waals surface area contributed by atoms with Crippen LogP contribution in [-0.2, 0) is 4.79 Å². The van der Waals surface area contributed by atoms with Crippen molar-refractivity contribution < 1.29 is 4.79 Å². The van der Waals surface area contributed by atoms with Crippen LogP contribution < -0.4 is 10.6 Å². The summed E-state index contributed by atoms with van der Waals surface area (Å²) in [5, 5.41) is 15.2. The fraction of sp³-hybridized carbons (Fsp3) is 0.400. The summed E-state index contributed by atoms with van der Waals surface area (Å²) < 4.78 is 0.814. The van der Waals surface area contributed by atoms with Crippen LogP contribution in [0.25, 0.3) is 0 Å². The standard InChI is InChI=1S/C15H18N4OS3/c1-9(13(20)17-11-5-3-4-6-12(11)21-2)22-15-19-18-14(23-15)16-10-7-8-10/h3-6,9-10H,7-8H2,1-2H3,(H,16,18)(H,17,20). The molecule has 1 aromatic carbocycles. The molecule has 23 heavy (non-hydrogen) atoms. The molecule has 1 unspecified atom stereocenters. The molecule has 1 aliphatic rings. The van der Waals surface area contributed by atoms with Crippen LogP contribution in [0.4, 0.5) is 10.8 Å². The Bertz CT molecular complexity index is 687. The van der Waals surface area contributed by atoms with Crippen LogP contribution in [0.15, 0.2) is 33.5 Å². The summed E-state index contributed by atoms with van der Waals surface area (Å²) in [5.41, 5.74) is 0.853. The third kappa shape index (κ3) is 4.62. The number of carbonyl (C=O) groups excluding carboxylic acids is 1. The predicted octanol–water partition coefficient (Wildman–Crippen LogP) is 3.95. The van der Waals surface area contributed by atoms with Crippen LogP contribution in [0.5, 0.6) is 0 Å². The normalized spacial score (nSPS) is 15.2. The van der Waals surface area contributed by atoms with Gasteiger partial charge in [0.15, 0.2) is 4.34 Å². The quantitative estimate of drug-likeness (QED) is 0.723. The zero-order valence-electron chi connectivity index (χ0n) is 12.9. The second kappa shape index (κ2) is 7.55. The molecule has 122 valence electrons. The Kier molecular flexibility index (Phi) is 5.45. The Balaban J connectivity index is 1.57. The maximum absolute atomic E-state index is 12.4. The van der Waals surface area contributed by atoms with E-state index in [1.165, 1.54) is 35.9 Å². The lowest BCUT2D eigenvalue weighted by Gasteiger charge is -2.12. The van der Waals surface area contributed by atoms with Gasteiger partial charge in [-0.2, -0.15) is 0 Å². The van der Waals surface area contributed by atoms with Crippen LogP contribution in [0.3, 0.4) is 0 Å². The van der Waals surface area contributed by atoms with Gasteiger partial charge in [0, 0.05) is 10.9 Å². The van der Waals surface area contributed by atoms with Gasteiger partial charge in [-0.25, -0.2) is 0 Å². The smallest absolute Gasteiger partial charge is 0.237 e. The number of hydrogen-bond donors (Lipinski definition) is 2. The van der Waals surface area contributed by atoms with E-state index in [2.05, 4.69) is 20.8 Å². The third-order valence-corrected chi connectivity index (χ3v) is 6.16. The Labute approximate surface area is 148 Å². The van der Waals surface area contributed by atoms with Crippen LogP contribution in [-0.4, -0.2) is 33.7 Å². The zero-order chi connectivity index (χ0) is 16.2. The summed E-state index contributed by atoms with van der Waals surface area (Å²) in [5.74, 6) is -0.0246. The number of carbonyl (C=O) groups is 1. The largest absolute Gasteiger partial charge is 0.357 e. The Hall–Kier alpha value is -1.25. The van der Waals surface area contributed by atoms with Crippen molar-refractivity contribution in [3.63, 3.8) is 0 Å². The fourth-order valence-corrected chi connectivity index (χ4v) is 4.43. The first-order valence-electron chi connectivity index (χ1n) is 7.36. The Morgan fingerprint density at radius 1 is 1.35 bits per heavy atom. The van der Waals surface area contributed by atoms with Crippen molar-refractivity contribution in [2.45, 2.75) is 40.3 Å². The Morgan fingerprint density at radius 3 is 2.87 bits per heavy atom. The molecule has 0 aliphatic heterocycles. The molecule has 1 aliphatic carbocycles. The highest BCUT2D eigenvalue weighted by Crippen LogP contribution is 2.32. The molecule has 2 aromatic rings. The first kappa shape index (κ1) is 16.6. The number of rotatable bonds is 7. The number of aromatic nitrogens is 2. The third-order valence-electron chi connectivity index (χ3n) is 3.32. The van der Waals surface area contributed by atoms with E-state index in [0.717, 1.165) is 20.1 Å². The van der Waals surface area contributed by atoms with E-state index in [1.54, 1.807) is 11.8 Å². The number of para-hydroxylation sites is 1. The van der Waals surface area contributed by atoms with Crippen LogP contribution >= 0.6 is 34.9 Å². The molecule has 1 aromatic heterocycles. The number of anilines is 2. The number of benzene rings is 1. The van der Waals surface area contributed by atoms with Gasteiger partial charge < -0.3 is 10.6 Å². The lowest BCUT2D eigenvalue weighted by Crippen LogP contribution is -2.22. The van der Waals surface area contributed by atoms with Gasteiger partial charge in [-0.3, -0.25) is 4.79 Å². The van der Waals surface area contributed by atoms with Crippen molar-refractivity contribution in [1.82, 2.24) is 10.2 Å². The first-order chi connectivity index (χ1) is 11.2. The van der Waals surface area contributed by atoms with E-state index >= 15 is 0 Å². The van der Waals surface area contributed by atoms with Crippen molar-refractivity contribution in [2.24, 2.45) is 0 Å². The van der Waals surface area contributed by atoms with Gasteiger partial charge in [-0.1, -0.05) is 35.2 Å². The predicted molar refractivity (Wildman–Crippen MR) is 98.7 cm³/mol. The minimum atomic E-state index is -0.230. The highest BCUT2D eigenvalue weighted by Gasteiger charge is 2.23. The summed E-state index contributed by atoms with van der Waals surface area (Å²) >= 11 is 4.56. The van der Waals surface area contributed by atoms with Gasteiger partial charge >= 0.3 is 0 Å². The van der Waals surface area contributed by atoms with E-state index in [9.17, 15) is 4.79 Å². The number of nitrogens with one attached hydrogen (secondary N) is 2. The molecule has 1 amide bonds. The highest BCUT2D eigenvalue weighted by atomic mass is 32.2. The molecule has 1 atom stereocenters. The molecular formula is C15H18N4OS3. The lowest BCUT2D eigenvalue weighted by atomic mass is 10.3. The van der Waals surface area contributed by atoms with E-state index < -0.39 is 0 Å². The van der Waals surface area contributed by atoms with Crippen molar-refractivity contribution in [2.75, 3.05) is 16.9 Å². The fourth-order valence-electron chi connectivity index (χ4n) is 1.91. The molecule has 1 heterocycles. The molecule has 3 rings (SSSR count). The summed E-state index contributed by atoms with van der Waals surface area (Å²) in [6, 6.07) is 8.37. The zero-order valence-corrected chi connectivity index (χ0v) is 15.4. The summed E-state index contributed by atoms with van der Waals surface area (Å²) in [7, 11) is 0. The van der Waals surface area contributed by atoms with E-state index in [-0.39, 0.29) is 11.2 Å². The van der Waals surface area contributed by atoms with Gasteiger partial charge in [0.05, 0.1) is 10.9 Å². The van der Waals surface area contributed by atoms with Gasteiger partial charge in [-0.15, -0.1) is 22.0 Å². The van der Waals surface area contributed by atoms with Crippen LogP contribution in [0.1, 0.15) is 19.8 Å². The molecule has 0 bridgehead atoms. The van der Waals surface area contributed by atoms with E-state index in [1.807, 2.05) is 37.4 Å². The molecule has 1 saturated carbocycles. The molecular weight excluding hydrogens is 348 g/mol. The molecule has 0 spiro atoms. The van der Waals surface area contributed by atoms with E-state index in [0.29, 0.717) is 6.04 Å². The maximum Gasteiger partial charge on any atom is 0.237 e. The first-order valence-corrected chi connectivity index (χ1v) is 10.3. The summed E-state index contributed by atoms with van der Waals surface area (Å²) in [4.78, 5) is 13.4. The maximum atomic E-state index is 12.4. The molecule has 2 N–H and O–H groups in total. The van der Waals surface area contributed by atoms with Gasteiger partial charge in [0.2, 0.25) is 11.0 Å². The highest BCUT2D eigenvalue weighted by molar-refractivity contribution is 8.02. The monoisotopic (exact) mass is 366 g/mol. The van der Waals surface area contributed by atoms with Crippen molar-refractivity contribution in [3.05, 3.63) is 24.3 Å². The second-order valence-corrected chi connectivity index (χ2v) is 8.65. The van der Waals surface area contributed by atoms with Crippen LogP contribution in [0, 0.1) is 0 Å². The molecule has 0 saturated heterocycles. The number of amides is 1. The van der Waals surface area contributed by atoms with Crippen molar-refractivity contribution in [3.8, 4) is 0 Å². The summed E-state index contributed by atoms with van der Waals surface area (Å²) in [6.07, 6.45) is 4.41.